The zero-order valence-corrected chi connectivity index (χ0v) is 18.8. The first-order valence-corrected chi connectivity index (χ1v) is 11.4. The molecule has 0 aromatic carbocycles. The van der Waals surface area contributed by atoms with Crippen molar-refractivity contribution in [2.24, 2.45) is 22.7 Å². The molecule has 0 aromatic rings. The molecule has 3 nitrogen and oxygen atoms in total. The Balaban J connectivity index is 1.52. The van der Waals surface area contributed by atoms with Crippen LogP contribution in [0.4, 0.5) is 0 Å². The number of aliphatic imine (C=N–C) groups is 1. The average molecular weight is 416 g/mol. The highest BCUT2D eigenvalue weighted by Crippen LogP contribution is 2.36. The lowest BCUT2D eigenvalue weighted by Crippen LogP contribution is -2.13. The summed E-state index contributed by atoms with van der Waals surface area (Å²) in [4.78, 5) is 16.7. The number of carbonyl (C=O) groups is 1. The molecular weight excluding hydrogens is 382 g/mol. The van der Waals surface area contributed by atoms with E-state index in [0.717, 1.165) is 49.3 Å². The Hall–Kier alpha value is -1.61. The van der Waals surface area contributed by atoms with Crippen molar-refractivity contribution in [3.05, 3.63) is 46.6 Å². The molecule has 0 spiro atoms. The van der Waals surface area contributed by atoms with E-state index in [2.05, 4.69) is 44.2 Å². The van der Waals surface area contributed by atoms with E-state index in [0.29, 0.717) is 11.8 Å². The summed E-state index contributed by atoms with van der Waals surface area (Å²) in [5.41, 5.74) is 3.60. The van der Waals surface area contributed by atoms with Crippen molar-refractivity contribution in [1.82, 2.24) is 0 Å². The lowest BCUT2D eigenvalue weighted by atomic mass is 9.92. The molecule has 1 saturated carbocycles. The second-order valence-corrected chi connectivity index (χ2v) is 9.23. The minimum atomic E-state index is -0.0270. The van der Waals surface area contributed by atoms with E-state index < -0.39 is 0 Å². The van der Waals surface area contributed by atoms with Crippen LogP contribution in [0.5, 0.6) is 0 Å². The maximum Gasteiger partial charge on any atom is 0.308 e. The fraction of sp³-hybridized carbons (Fsp3) is 0.600. The Morgan fingerprint density at radius 3 is 2.86 bits per heavy atom. The quantitative estimate of drug-likeness (QED) is 0.461. The highest BCUT2D eigenvalue weighted by molar-refractivity contribution is 6.30. The first-order valence-electron chi connectivity index (χ1n) is 11.0. The van der Waals surface area contributed by atoms with Gasteiger partial charge in [-0.1, -0.05) is 29.8 Å². The highest BCUT2D eigenvalue weighted by atomic mass is 35.5. The van der Waals surface area contributed by atoms with Gasteiger partial charge in [0.05, 0.1) is 24.8 Å². The number of halogens is 1. The van der Waals surface area contributed by atoms with Crippen LogP contribution >= 0.6 is 11.6 Å². The fourth-order valence-corrected chi connectivity index (χ4v) is 4.87. The number of rotatable bonds is 6. The van der Waals surface area contributed by atoms with Crippen LogP contribution in [-0.4, -0.2) is 24.8 Å². The van der Waals surface area contributed by atoms with Crippen LogP contribution < -0.4 is 0 Å². The van der Waals surface area contributed by atoms with Gasteiger partial charge in [-0.15, -0.1) is 0 Å². The molecule has 0 saturated heterocycles. The van der Waals surface area contributed by atoms with Gasteiger partial charge < -0.3 is 4.74 Å². The van der Waals surface area contributed by atoms with Crippen molar-refractivity contribution < 1.29 is 9.53 Å². The van der Waals surface area contributed by atoms with E-state index in [4.69, 9.17) is 21.3 Å². The molecular formula is C25H34ClNO2. The van der Waals surface area contributed by atoms with Crippen LogP contribution in [-0.2, 0) is 9.53 Å². The Morgan fingerprint density at radius 1 is 1.28 bits per heavy atom. The van der Waals surface area contributed by atoms with Crippen molar-refractivity contribution in [2.75, 3.05) is 7.11 Å². The molecule has 0 amide bonds. The number of esters is 1. The number of hydrogen-bond acceptors (Lipinski definition) is 3. The van der Waals surface area contributed by atoms with Crippen LogP contribution in [0.3, 0.4) is 0 Å². The normalized spacial score (nSPS) is 29.7. The van der Waals surface area contributed by atoms with E-state index >= 15 is 0 Å². The SMILES string of the molecule is COC(=O)C1CCC(CCC2C=CC(=NC(C)C3=CC(C)=C(Cl)CC3)C=CC2)C1. The molecule has 4 heteroatoms. The number of carbonyl (C=O) groups excluding carboxylic acids is 1. The van der Waals surface area contributed by atoms with Gasteiger partial charge in [0.15, 0.2) is 0 Å². The van der Waals surface area contributed by atoms with Gasteiger partial charge in [0.2, 0.25) is 0 Å². The average Bonchev–Trinajstić information content (AvgIpc) is 3.08. The molecule has 0 N–H and O–H groups in total. The molecule has 0 heterocycles. The van der Waals surface area contributed by atoms with Crippen LogP contribution in [0, 0.1) is 17.8 Å². The van der Waals surface area contributed by atoms with Crippen molar-refractivity contribution in [3.63, 3.8) is 0 Å². The van der Waals surface area contributed by atoms with Gasteiger partial charge in [-0.25, -0.2) is 0 Å². The van der Waals surface area contributed by atoms with Crippen molar-refractivity contribution in [3.8, 4) is 0 Å². The Bertz CT molecular complexity index is 759. The zero-order valence-electron chi connectivity index (χ0n) is 18.0. The third kappa shape index (κ3) is 6.18. The molecule has 0 bridgehead atoms. The van der Waals surface area contributed by atoms with Crippen molar-refractivity contribution >= 4 is 23.3 Å². The van der Waals surface area contributed by atoms with E-state index in [1.807, 2.05) is 0 Å². The summed E-state index contributed by atoms with van der Waals surface area (Å²) in [6.45, 7) is 4.25. The molecule has 4 unspecified atom stereocenters. The van der Waals surface area contributed by atoms with Crippen molar-refractivity contribution in [1.29, 1.82) is 0 Å². The third-order valence-electron chi connectivity index (χ3n) is 6.63. The number of hydrogen-bond donors (Lipinski definition) is 0. The number of methoxy groups -OCH3 is 1. The lowest BCUT2D eigenvalue weighted by Gasteiger charge is -2.18. The molecule has 1 fully saturated rings. The smallest absolute Gasteiger partial charge is 0.308 e. The Kier molecular flexibility index (Phi) is 7.94. The summed E-state index contributed by atoms with van der Waals surface area (Å²) in [6.07, 6.45) is 19.7. The summed E-state index contributed by atoms with van der Waals surface area (Å²) in [6, 6.07) is 0.185. The van der Waals surface area contributed by atoms with Gasteiger partial charge in [-0.05, 0) is 100 Å². The van der Waals surface area contributed by atoms with E-state index in [-0.39, 0.29) is 17.9 Å². The summed E-state index contributed by atoms with van der Waals surface area (Å²) in [5, 5.41) is 0.978. The second kappa shape index (κ2) is 10.4. The van der Waals surface area contributed by atoms with Crippen molar-refractivity contribution in [2.45, 2.75) is 71.3 Å². The van der Waals surface area contributed by atoms with E-state index in [9.17, 15) is 4.79 Å². The van der Waals surface area contributed by atoms with Gasteiger partial charge >= 0.3 is 5.97 Å². The Morgan fingerprint density at radius 2 is 2.10 bits per heavy atom. The first kappa shape index (κ1) is 22.1. The lowest BCUT2D eigenvalue weighted by molar-refractivity contribution is -0.145. The minimum Gasteiger partial charge on any atom is -0.469 e. The Labute approximate surface area is 180 Å². The molecule has 3 aliphatic carbocycles. The van der Waals surface area contributed by atoms with Gasteiger partial charge in [0, 0.05) is 5.03 Å². The summed E-state index contributed by atoms with van der Waals surface area (Å²) in [7, 11) is 1.50. The van der Waals surface area contributed by atoms with Crippen LogP contribution in [0.15, 0.2) is 51.6 Å². The monoisotopic (exact) mass is 415 g/mol. The third-order valence-corrected chi connectivity index (χ3v) is 7.12. The maximum absolute atomic E-state index is 11.7. The summed E-state index contributed by atoms with van der Waals surface area (Å²) < 4.78 is 4.91. The van der Waals surface area contributed by atoms with Crippen LogP contribution in [0.1, 0.15) is 65.2 Å². The summed E-state index contributed by atoms with van der Waals surface area (Å²) >= 11 is 6.23. The molecule has 0 aliphatic heterocycles. The topological polar surface area (TPSA) is 38.7 Å². The molecule has 3 rings (SSSR count). The number of ether oxygens (including phenoxy) is 1. The zero-order chi connectivity index (χ0) is 20.8. The predicted octanol–water partition coefficient (Wildman–Crippen LogP) is 6.55. The predicted molar refractivity (Wildman–Crippen MR) is 121 cm³/mol. The van der Waals surface area contributed by atoms with Gasteiger partial charge in [0.25, 0.3) is 0 Å². The molecule has 158 valence electrons. The number of nitrogens with zero attached hydrogens (tertiary/aromatic N) is 1. The van der Waals surface area contributed by atoms with Gasteiger partial charge in [-0.3, -0.25) is 9.79 Å². The highest BCUT2D eigenvalue weighted by Gasteiger charge is 2.30. The number of allylic oxidation sites excluding steroid dienone is 7. The van der Waals surface area contributed by atoms with Crippen LogP contribution in [0.2, 0.25) is 0 Å². The second-order valence-electron chi connectivity index (χ2n) is 8.77. The standard InChI is InChI=1S/C25H34ClNO2/c1-17-15-21(12-14-24(17)26)18(2)27-23-6-4-5-19(10-13-23)7-8-20-9-11-22(16-20)25(28)29-3/h4,6,10,13,15,18-20,22H,5,7-9,11-12,14,16H2,1-3H3. The molecule has 3 aliphatic rings. The fourth-order valence-electron chi connectivity index (χ4n) is 4.72. The maximum atomic E-state index is 11.7. The minimum absolute atomic E-state index is 0.0270. The van der Waals surface area contributed by atoms with E-state index in [1.54, 1.807) is 0 Å². The van der Waals surface area contributed by atoms with E-state index in [1.165, 1.54) is 31.1 Å². The molecule has 4 atom stereocenters. The molecule has 0 aromatic heterocycles. The largest absolute Gasteiger partial charge is 0.469 e. The van der Waals surface area contributed by atoms with Gasteiger partial charge in [-0.2, -0.15) is 0 Å². The first-order chi connectivity index (χ1) is 14.0. The van der Waals surface area contributed by atoms with Gasteiger partial charge in [0.1, 0.15) is 0 Å². The molecule has 0 radical (unpaired) electrons. The van der Waals surface area contributed by atoms with Crippen LogP contribution in [0.25, 0.3) is 0 Å². The summed E-state index contributed by atoms with van der Waals surface area (Å²) in [5.74, 6) is 1.32. The molecule has 29 heavy (non-hydrogen) atoms.